The summed E-state index contributed by atoms with van der Waals surface area (Å²) in [5, 5.41) is 0. The molecular formula is C15H37NO4. The lowest BCUT2D eigenvalue weighted by Crippen LogP contribution is -2.17. The summed E-state index contributed by atoms with van der Waals surface area (Å²) >= 11 is 0. The fourth-order valence-electron chi connectivity index (χ4n) is 0.643. The van der Waals surface area contributed by atoms with Gasteiger partial charge in [-0.15, -0.1) is 0 Å². The molecular weight excluding hydrogens is 258 g/mol. The van der Waals surface area contributed by atoms with Crippen LogP contribution in [-0.4, -0.2) is 45.0 Å². The average molecular weight is 295 g/mol. The minimum absolute atomic E-state index is 0. The van der Waals surface area contributed by atoms with Crippen molar-refractivity contribution in [1.82, 2.24) is 0 Å². The van der Waals surface area contributed by atoms with Crippen molar-refractivity contribution in [3.63, 3.8) is 0 Å². The van der Waals surface area contributed by atoms with Gasteiger partial charge in [-0.2, -0.15) is 0 Å². The maximum Gasteiger partial charge on any atom is 0.160 e. The molecule has 0 heterocycles. The van der Waals surface area contributed by atoms with Gasteiger partial charge in [0.25, 0.3) is 0 Å². The van der Waals surface area contributed by atoms with E-state index in [1.54, 1.807) is 0 Å². The first kappa shape index (κ1) is 27.5. The number of carbonyl (C=O) groups is 2. The number of Topliss-reactive ketones (excluding diaryl/α,β-unsaturated/α-hetero) is 1. The quantitative estimate of drug-likeness (QED) is 0.550. The summed E-state index contributed by atoms with van der Waals surface area (Å²) in [7, 11) is 0. The molecule has 0 spiro atoms. The van der Waals surface area contributed by atoms with Crippen LogP contribution in [0.3, 0.4) is 0 Å². The molecule has 0 unspecified atom stereocenters. The molecule has 0 amide bonds. The number of carbonyl (C=O) groups excluding carboxylic acids is 2. The molecule has 0 rings (SSSR count). The van der Waals surface area contributed by atoms with Crippen LogP contribution in [0.1, 0.15) is 49.9 Å². The summed E-state index contributed by atoms with van der Waals surface area (Å²) in [5.74, 6) is 0.170. The first-order chi connectivity index (χ1) is 9.01. The smallest absolute Gasteiger partial charge is 0.160 e. The molecule has 0 aromatic carbocycles. The predicted octanol–water partition coefficient (Wildman–Crippen LogP) is 2.71. The largest absolute Gasteiger partial charge is 0.378 e. The molecule has 0 aliphatic rings. The number of ketones is 1. The lowest BCUT2D eigenvalue weighted by atomic mass is 10.1. The van der Waals surface area contributed by atoms with Gasteiger partial charge in [0, 0.05) is 13.9 Å². The van der Waals surface area contributed by atoms with E-state index in [0.717, 1.165) is 6.29 Å². The number of hydrogen-bond donors (Lipinski definition) is 1. The molecule has 0 saturated carbocycles. The third-order valence-electron chi connectivity index (χ3n) is 1.52. The van der Waals surface area contributed by atoms with E-state index in [4.69, 9.17) is 20.0 Å². The van der Waals surface area contributed by atoms with Crippen LogP contribution < -0.4 is 5.73 Å². The maximum absolute atomic E-state index is 11.0. The molecule has 2 N–H and O–H groups in total. The molecule has 126 valence electrons. The second kappa shape index (κ2) is 26.7. The molecule has 0 aliphatic heterocycles. The first-order valence-corrected chi connectivity index (χ1v) is 6.79. The minimum Gasteiger partial charge on any atom is -0.378 e. The second-order valence-corrected chi connectivity index (χ2v) is 4.02. The SMILES string of the molecule is C.CC(C)C(=O)COCCOCCN.CC=O.CCC.[HH]. The van der Waals surface area contributed by atoms with E-state index in [1.165, 1.54) is 13.3 Å². The fourth-order valence-corrected chi connectivity index (χ4v) is 0.643. The monoisotopic (exact) mass is 295 g/mol. The van der Waals surface area contributed by atoms with Crippen molar-refractivity contribution >= 4 is 12.1 Å². The molecule has 0 radical (unpaired) electrons. The number of hydrogen-bond acceptors (Lipinski definition) is 5. The Kier molecular flexibility index (Phi) is 36.8. The topological polar surface area (TPSA) is 78.6 Å². The summed E-state index contributed by atoms with van der Waals surface area (Å²) in [6, 6.07) is 0. The van der Waals surface area contributed by atoms with Crippen molar-refractivity contribution in [2.45, 2.75) is 48.5 Å². The number of ether oxygens (including phenoxy) is 2. The fraction of sp³-hybridized carbons (Fsp3) is 0.867. The zero-order valence-electron chi connectivity index (χ0n) is 13.1. The molecule has 0 aliphatic carbocycles. The standard InChI is InChI=1S/C9H19NO3.C3H8.C2H4O.CH4.H2/c1-8(2)9(11)7-13-6-5-12-4-3-10;1-3-2;1-2-3;;/h8H,3-7,10H2,1-2H3;3H2,1-2H3;2H,1H3;1H4;1H. The third kappa shape index (κ3) is 36.0. The van der Waals surface area contributed by atoms with Crippen molar-refractivity contribution in [1.29, 1.82) is 0 Å². The normalized spacial score (nSPS) is 8.55. The van der Waals surface area contributed by atoms with E-state index in [2.05, 4.69) is 13.8 Å². The average Bonchev–Trinajstić information content (AvgIpc) is 2.35. The molecule has 0 bridgehead atoms. The highest BCUT2D eigenvalue weighted by atomic mass is 16.5. The van der Waals surface area contributed by atoms with Gasteiger partial charge in [0.1, 0.15) is 12.9 Å². The number of aldehydes is 1. The number of nitrogens with two attached hydrogens (primary N) is 1. The summed E-state index contributed by atoms with van der Waals surface area (Å²) in [5.41, 5.74) is 5.21. The highest BCUT2D eigenvalue weighted by Crippen LogP contribution is 1.94. The van der Waals surface area contributed by atoms with Gasteiger partial charge in [0.05, 0.1) is 19.8 Å². The van der Waals surface area contributed by atoms with Crippen LogP contribution in [-0.2, 0) is 19.1 Å². The van der Waals surface area contributed by atoms with E-state index >= 15 is 0 Å². The molecule has 0 saturated heterocycles. The third-order valence-corrected chi connectivity index (χ3v) is 1.52. The van der Waals surface area contributed by atoms with Crippen LogP contribution in [0.4, 0.5) is 0 Å². The van der Waals surface area contributed by atoms with Gasteiger partial charge in [0.15, 0.2) is 5.78 Å². The van der Waals surface area contributed by atoms with E-state index in [9.17, 15) is 4.79 Å². The van der Waals surface area contributed by atoms with Crippen LogP contribution in [0.25, 0.3) is 0 Å². The van der Waals surface area contributed by atoms with Crippen LogP contribution in [0, 0.1) is 5.92 Å². The zero-order chi connectivity index (χ0) is 15.5. The van der Waals surface area contributed by atoms with Crippen LogP contribution >= 0.6 is 0 Å². The molecule has 0 fully saturated rings. The Morgan fingerprint density at radius 1 is 1.20 bits per heavy atom. The highest BCUT2D eigenvalue weighted by molar-refractivity contribution is 5.81. The van der Waals surface area contributed by atoms with Crippen molar-refractivity contribution in [3.8, 4) is 0 Å². The van der Waals surface area contributed by atoms with Gasteiger partial charge in [-0.1, -0.05) is 41.5 Å². The van der Waals surface area contributed by atoms with Crippen molar-refractivity contribution in [2.24, 2.45) is 11.7 Å². The van der Waals surface area contributed by atoms with Gasteiger partial charge < -0.3 is 20.0 Å². The number of rotatable bonds is 8. The van der Waals surface area contributed by atoms with Crippen LogP contribution in [0.15, 0.2) is 0 Å². The minimum atomic E-state index is 0. The van der Waals surface area contributed by atoms with E-state index in [1.807, 2.05) is 13.8 Å². The second-order valence-electron chi connectivity index (χ2n) is 4.02. The van der Waals surface area contributed by atoms with Gasteiger partial charge in [0.2, 0.25) is 0 Å². The Balaban J connectivity index is -0.0000000919. The molecule has 5 nitrogen and oxygen atoms in total. The molecule has 5 heteroatoms. The molecule has 20 heavy (non-hydrogen) atoms. The zero-order valence-corrected chi connectivity index (χ0v) is 13.1. The lowest BCUT2D eigenvalue weighted by Gasteiger charge is -2.05. The van der Waals surface area contributed by atoms with Crippen LogP contribution in [0.5, 0.6) is 0 Å². The summed E-state index contributed by atoms with van der Waals surface area (Å²) < 4.78 is 10.2. The van der Waals surface area contributed by atoms with Gasteiger partial charge in [-0.05, 0) is 6.92 Å². The molecule has 0 aromatic rings. The van der Waals surface area contributed by atoms with Gasteiger partial charge in [-0.3, -0.25) is 4.79 Å². The highest BCUT2D eigenvalue weighted by Gasteiger charge is 2.05. The van der Waals surface area contributed by atoms with Gasteiger partial charge in [-0.25, -0.2) is 0 Å². The van der Waals surface area contributed by atoms with Crippen molar-refractivity contribution in [3.05, 3.63) is 0 Å². The maximum atomic E-state index is 11.0. The molecule has 0 atom stereocenters. The summed E-state index contributed by atoms with van der Waals surface area (Å²) in [6.45, 7) is 11.6. The van der Waals surface area contributed by atoms with Crippen molar-refractivity contribution < 1.29 is 20.5 Å². The first-order valence-electron chi connectivity index (χ1n) is 6.79. The lowest BCUT2D eigenvalue weighted by molar-refractivity contribution is -0.127. The van der Waals surface area contributed by atoms with E-state index in [0.29, 0.717) is 26.4 Å². The van der Waals surface area contributed by atoms with E-state index in [-0.39, 0.29) is 27.2 Å². The van der Waals surface area contributed by atoms with E-state index < -0.39 is 0 Å². The summed E-state index contributed by atoms with van der Waals surface area (Å²) in [4.78, 5) is 19.9. The predicted molar refractivity (Wildman–Crippen MR) is 87.1 cm³/mol. The Morgan fingerprint density at radius 2 is 1.60 bits per heavy atom. The Hall–Kier alpha value is -0.780. The Morgan fingerprint density at radius 3 is 1.95 bits per heavy atom. The Bertz CT molecular complexity index is 191. The van der Waals surface area contributed by atoms with Gasteiger partial charge >= 0.3 is 0 Å². The molecule has 0 aromatic heterocycles. The summed E-state index contributed by atoms with van der Waals surface area (Å²) in [6.07, 6.45) is 2.00. The van der Waals surface area contributed by atoms with Crippen LogP contribution in [0.2, 0.25) is 0 Å². The van der Waals surface area contributed by atoms with Crippen molar-refractivity contribution in [2.75, 3.05) is 33.0 Å². The Labute approximate surface area is 126 Å².